The van der Waals surface area contributed by atoms with Crippen LogP contribution in [0.25, 0.3) is 11.3 Å². The average Bonchev–Trinajstić information content (AvgIpc) is 3.72. The Bertz CT molecular complexity index is 1910. The second-order valence-electron chi connectivity index (χ2n) is 16.5. The lowest BCUT2D eigenvalue weighted by molar-refractivity contribution is -0.156. The molecule has 61 heavy (non-hydrogen) atoms. The number of hydrogen-bond donors (Lipinski definition) is 1. The van der Waals surface area contributed by atoms with Crippen molar-refractivity contribution < 1.29 is 42.9 Å². The van der Waals surface area contributed by atoms with E-state index in [2.05, 4.69) is 21.3 Å². The molecule has 0 radical (unpaired) electrons. The molecule has 2 fully saturated rings. The number of amides is 3. The molecule has 0 saturated carbocycles. The molecule has 2 aliphatic heterocycles. The highest BCUT2D eigenvalue weighted by Gasteiger charge is 2.33. The van der Waals surface area contributed by atoms with Gasteiger partial charge >= 0.3 is 5.97 Å². The van der Waals surface area contributed by atoms with Gasteiger partial charge < -0.3 is 43.7 Å². The number of nitrogens with one attached hydrogen (secondary N) is 1. The lowest BCUT2D eigenvalue weighted by Crippen LogP contribution is -2.48. The van der Waals surface area contributed by atoms with E-state index in [-0.39, 0.29) is 50.1 Å². The maximum Gasteiger partial charge on any atom is 0.308 e. The van der Waals surface area contributed by atoms with Crippen LogP contribution in [0.4, 0.5) is 11.4 Å². The second kappa shape index (κ2) is 23.3. The molecule has 3 aromatic rings. The van der Waals surface area contributed by atoms with Gasteiger partial charge in [-0.1, -0.05) is 6.07 Å². The number of likely N-dealkylation sites (N-methyl/N-ethyl adjacent to an activating group) is 2. The van der Waals surface area contributed by atoms with Gasteiger partial charge in [-0.3, -0.25) is 29.1 Å². The van der Waals surface area contributed by atoms with Gasteiger partial charge in [0.25, 0.3) is 11.8 Å². The van der Waals surface area contributed by atoms with E-state index in [1.807, 2.05) is 56.9 Å². The van der Waals surface area contributed by atoms with E-state index in [9.17, 15) is 19.2 Å². The van der Waals surface area contributed by atoms with Crippen molar-refractivity contribution in [1.82, 2.24) is 19.7 Å². The normalized spacial score (nSPS) is 15.7. The lowest BCUT2D eigenvalue weighted by atomic mass is 10.0. The zero-order valence-electron chi connectivity index (χ0n) is 36.8. The van der Waals surface area contributed by atoms with Gasteiger partial charge in [-0.25, -0.2) is 0 Å². The molecule has 1 N–H and O–H groups in total. The fraction of sp³-hybridized carbons (Fsp3) is 0.543. The summed E-state index contributed by atoms with van der Waals surface area (Å²) in [6, 6.07) is 16.3. The average molecular weight is 845 g/mol. The molecule has 3 amide bonds. The number of aromatic nitrogens is 1. The number of pyridine rings is 1. The van der Waals surface area contributed by atoms with Gasteiger partial charge in [0.05, 0.1) is 70.8 Å². The number of piperidine rings is 1. The summed E-state index contributed by atoms with van der Waals surface area (Å²) in [6.07, 6.45) is 5.51. The molecule has 3 heterocycles. The van der Waals surface area contributed by atoms with Crippen LogP contribution in [0.3, 0.4) is 0 Å². The van der Waals surface area contributed by atoms with E-state index in [0.717, 1.165) is 48.4 Å². The summed E-state index contributed by atoms with van der Waals surface area (Å²) < 4.78 is 27.5. The van der Waals surface area contributed by atoms with Crippen molar-refractivity contribution in [2.24, 2.45) is 0 Å². The quantitative estimate of drug-likeness (QED) is 0.110. The van der Waals surface area contributed by atoms with Gasteiger partial charge in [0.1, 0.15) is 11.6 Å². The Hall–Kier alpha value is -4.93. The predicted molar refractivity (Wildman–Crippen MR) is 234 cm³/mol. The molecule has 1 aromatic heterocycles. The topological polar surface area (TPSA) is 152 Å². The van der Waals surface area contributed by atoms with Crippen LogP contribution in [0.2, 0.25) is 0 Å². The van der Waals surface area contributed by atoms with Crippen LogP contribution in [-0.4, -0.2) is 155 Å². The minimum Gasteiger partial charge on any atom is -0.460 e. The van der Waals surface area contributed by atoms with Crippen molar-refractivity contribution in [3.05, 3.63) is 77.5 Å². The standard InChI is InChI=1S/C46H64N6O9/c1-34-15-17-47-40(29-34)38-31-37(51-18-8-7-9-19-51)13-14-39(38)48-43(54)35-11-10-12-36(30-35)44(55)49(5)20-21-52-33-60-32-41(52)45(56)50(6)22-24-58-26-28-59-27-25-57-23-16-42(53)61-46(2,3)4/h10-15,17,29-31,41H,7-9,16,18-28,32-33H2,1-6H3,(H,48,54). The van der Waals surface area contributed by atoms with Gasteiger partial charge in [-0.2, -0.15) is 0 Å². The molecule has 2 aliphatic rings. The minimum atomic E-state index is -0.511. The highest BCUT2D eigenvalue weighted by Crippen LogP contribution is 2.33. The molecule has 2 aromatic carbocycles. The summed E-state index contributed by atoms with van der Waals surface area (Å²) >= 11 is 0. The first-order chi connectivity index (χ1) is 29.3. The van der Waals surface area contributed by atoms with E-state index in [0.29, 0.717) is 69.5 Å². The number of rotatable bonds is 21. The number of esters is 1. The van der Waals surface area contributed by atoms with E-state index >= 15 is 0 Å². The van der Waals surface area contributed by atoms with Crippen LogP contribution in [0.5, 0.6) is 0 Å². The Morgan fingerprint density at radius 1 is 0.836 bits per heavy atom. The molecule has 1 unspecified atom stereocenters. The number of carbonyl (C=O) groups is 4. The van der Waals surface area contributed by atoms with Crippen LogP contribution >= 0.6 is 0 Å². The van der Waals surface area contributed by atoms with Gasteiger partial charge in [0, 0.05) is 75.4 Å². The molecular formula is C46H64N6O9. The largest absolute Gasteiger partial charge is 0.460 e. The summed E-state index contributed by atoms with van der Waals surface area (Å²) in [7, 11) is 3.44. The first-order valence-corrected chi connectivity index (χ1v) is 21.3. The van der Waals surface area contributed by atoms with Gasteiger partial charge in [0.15, 0.2) is 0 Å². The number of hydrogen-bond acceptors (Lipinski definition) is 12. The lowest BCUT2D eigenvalue weighted by Gasteiger charge is -2.29. The van der Waals surface area contributed by atoms with Crippen molar-refractivity contribution in [2.45, 2.75) is 65.0 Å². The Labute approximate surface area is 360 Å². The molecule has 2 saturated heterocycles. The van der Waals surface area contributed by atoms with Crippen LogP contribution in [-0.2, 0) is 33.3 Å². The van der Waals surface area contributed by atoms with Gasteiger partial charge in [0.2, 0.25) is 5.91 Å². The maximum absolute atomic E-state index is 13.7. The molecule has 15 heteroatoms. The molecular weight excluding hydrogens is 781 g/mol. The number of anilines is 2. The van der Waals surface area contributed by atoms with Crippen molar-refractivity contribution in [3.8, 4) is 11.3 Å². The Morgan fingerprint density at radius 3 is 2.26 bits per heavy atom. The molecule has 0 bridgehead atoms. The summed E-state index contributed by atoms with van der Waals surface area (Å²) in [4.78, 5) is 64.5. The van der Waals surface area contributed by atoms with Crippen LogP contribution in [0.1, 0.15) is 72.7 Å². The van der Waals surface area contributed by atoms with Gasteiger partial charge in [-0.05, 0) is 101 Å². The molecule has 0 aliphatic carbocycles. The zero-order chi connectivity index (χ0) is 43.8. The highest BCUT2D eigenvalue weighted by molar-refractivity contribution is 6.08. The third-order valence-electron chi connectivity index (χ3n) is 10.4. The van der Waals surface area contributed by atoms with E-state index in [4.69, 9.17) is 23.7 Å². The first kappa shape index (κ1) is 47.1. The molecule has 0 spiro atoms. The summed E-state index contributed by atoms with van der Waals surface area (Å²) in [5.41, 5.74) is 4.67. The minimum absolute atomic E-state index is 0.0870. The Balaban J connectivity index is 1.04. The molecule has 1 atom stereocenters. The molecule has 15 nitrogen and oxygen atoms in total. The van der Waals surface area contributed by atoms with Crippen LogP contribution in [0, 0.1) is 6.92 Å². The highest BCUT2D eigenvalue weighted by atomic mass is 16.6. The summed E-state index contributed by atoms with van der Waals surface area (Å²) in [6.45, 7) is 13.3. The maximum atomic E-state index is 13.7. The van der Waals surface area contributed by atoms with E-state index in [1.54, 1.807) is 54.4 Å². The smallest absolute Gasteiger partial charge is 0.308 e. The zero-order valence-corrected chi connectivity index (χ0v) is 36.8. The monoisotopic (exact) mass is 844 g/mol. The fourth-order valence-corrected chi connectivity index (χ4v) is 7.05. The van der Waals surface area contributed by atoms with Gasteiger partial charge in [-0.15, -0.1) is 0 Å². The first-order valence-electron chi connectivity index (χ1n) is 21.3. The molecule has 332 valence electrons. The summed E-state index contributed by atoms with van der Waals surface area (Å²) in [5.74, 6) is -0.948. The van der Waals surface area contributed by atoms with Crippen molar-refractivity contribution in [2.75, 3.05) is 110 Å². The SMILES string of the molecule is Cc1ccnc(-c2cc(N3CCCCC3)ccc2NC(=O)c2cccc(C(=O)N(C)CCN3COCC3C(=O)N(C)CCOCCOCCOCCC(=O)OC(C)(C)C)c2)c1. The van der Waals surface area contributed by atoms with Crippen LogP contribution in [0.15, 0.2) is 60.8 Å². The van der Waals surface area contributed by atoms with E-state index in [1.165, 1.54) is 6.42 Å². The number of ether oxygens (including phenoxy) is 5. The molecule has 5 rings (SSSR count). The van der Waals surface area contributed by atoms with Crippen molar-refractivity contribution >= 4 is 35.1 Å². The third-order valence-corrected chi connectivity index (χ3v) is 10.4. The Kier molecular flexibility index (Phi) is 18.0. The van der Waals surface area contributed by atoms with Crippen molar-refractivity contribution in [1.29, 1.82) is 0 Å². The number of carbonyl (C=O) groups excluding carboxylic acids is 4. The number of aryl methyl sites for hydroxylation is 1. The summed E-state index contributed by atoms with van der Waals surface area (Å²) in [5, 5.41) is 3.09. The third kappa shape index (κ3) is 14.9. The Morgan fingerprint density at radius 2 is 1.54 bits per heavy atom. The number of nitrogens with zero attached hydrogens (tertiary/aromatic N) is 5. The second-order valence-corrected chi connectivity index (χ2v) is 16.5. The fourth-order valence-electron chi connectivity index (χ4n) is 7.05. The number of benzene rings is 2. The predicted octanol–water partition coefficient (Wildman–Crippen LogP) is 5.27. The van der Waals surface area contributed by atoms with Crippen molar-refractivity contribution in [3.63, 3.8) is 0 Å². The van der Waals surface area contributed by atoms with E-state index < -0.39 is 11.6 Å². The van der Waals surface area contributed by atoms with Crippen LogP contribution < -0.4 is 10.2 Å².